The van der Waals surface area contributed by atoms with Crippen LogP contribution in [0.5, 0.6) is 11.8 Å². The number of amides is 1. The first-order valence-corrected chi connectivity index (χ1v) is 5.87. The molecule has 0 atom stereocenters. The fourth-order valence-corrected chi connectivity index (χ4v) is 1.57. The third-order valence-corrected chi connectivity index (χ3v) is 2.62. The van der Waals surface area contributed by atoms with E-state index in [1.54, 1.807) is 0 Å². The van der Waals surface area contributed by atoms with Crippen LogP contribution in [0.1, 0.15) is 10.4 Å². The Bertz CT molecular complexity index is 656. The second-order valence-electron chi connectivity index (χ2n) is 3.93. The predicted octanol–water partition coefficient (Wildman–Crippen LogP) is 1.47. The van der Waals surface area contributed by atoms with Gasteiger partial charge in [0.1, 0.15) is 5.82 Å². The summed E-state index contributed by atoms with van der Waals surface area (Å²) in [6.45, 7) is 0. The first kappa shape index (κ1) is 14.5. The molecule has 21 heavy (non-hydrogen) atoms. The quantitative estimate of drug-likeness (QED) is 0.828. The van der Waals surface area contributed by atoms with Crippen LogP contribution < -0.4 is 20.5 Å². The van der Waals surface area contributed by atoms with E-state index in [2.05, 4.69) is 15.3 Å². The molecule has 0 bridgehead atoms. The third-order valence-electron chi connectivity index (χ3n) is 2.62. The Balaban J connectivity index is 2.29. The molecule has 0 radical (unpaired) electrons. The number of methoxy groups -OCH3 is 2. The van der Waals surface area contributed by atoms with Gasteiger partial charge in [0.15, 0.2) is 0 Å². The first-order valence-electron chi connectivity index (χ1n) is 5.87. The highest BCUT2D eigenvalue weighted by Gasteiger charge is 2.15. The molecule has 0 fully saturated rings. The molecule has 1 aromatic carbocycles. The zero-order valence-electron chi connectivity index (χ0n) is 11.4. The Morgan fingerprint density at radius 1 is 1.24 bits per heavy atom. The number of nitrogens with one attached hydrogen (secondary N) is 1. The topological polar surface area (TPSA) is 99.4 Å². The van der Waals surface area contributed by atoms with Crippen LogP contribution in [0.2, 0.25) is 0 Å². The van der Waals surface area contributed by atoms with Gasteiger partial charge in [0.05, 0.1) is 31.5 Å². The van der Waals surface area contributed by atoms with Crippen molar-refractivity contribution in [1.82, 2.24) is 9.97 Å². The summed E-state index contributed by atoms with van der Waals surface area (Å²) in [6.07, 6.45) is 0. The van der Waals surface area contributed by atoms with Gasteiger partial charge in [0.2, 0.25) is 17.7 Å². The van der Waals surface area contributed by atoms with Gasteiger partial charge in [0.25, 0.3) is 5.91 Å². The molecular weight excluding hydrogens is 279 g/mol. The number of nitrogens with zero attached hydrogens (tertiary/aromatic N) is 2. The molecular formula is C13H13FN4O3. The van der Waals surface area contributed by atoms with Crippen LogP contribution in [-0.4, -0.2) is 30.1 Å². The number of aromatic nitrogens is 2. The van der Waals surface area contributed by atoms with E-state index in [1.807, 2.05) is 0 Å². The monoisotopic (exact) mass is 292 g/mol. The number of para-hydroxylation sites is 1. The van der Waals surface area contributed by atoms with E-state index < -0.39 is 11.7 Å². The van der Waals surface area contributed by atoms with Crippen molar-refractivity contribution in [2.45, 2.75) is 0 Å². The van der Waals surface area contributed by atoms with Crippen molar-refractivity contribution in [1.29, 1.82) is 0 Å². The Hall–Kier alpha value is -2.90. The van der Waals surface area contributed by atoms with Crippen molar-refractivity contribution in [2.24, 2.45) is 0 Å². The molecule has 1 heterocycles. The van der Waals surface area contributed by atoms with Gasteiger partial charge < -0.3 is 15.2 Å². The van der Waals surface area contributed by atoms with Gasteiger partial charge in [-0.05, 0) is 12.1 Å². The number of anilines is 2. The van der Waals surface area contributed by atoms with E-state index in [-0.39, 0.29) is 29.0 Å². The number of nitrogen functional groups attached to an aromatic ring is 1. The van der Waals surface area contributed by atoms with Crippen LogP contribution in [0.4, 0.5) is 16.0 Å². The van der Waals surface area contributed by atoms with Gasteiger partial charge >= 0.3 is 0 Å². The minimum absolute atomic E-state index is 0.0135. The smallest absolute Gasteiger partial charge is 0.260 e. The fourth-order valence-electron chi connectivity index (χ4n) is 1.57. The van der Waals surface area contributed by atoms with Crippen molar-refractivity contribution in [3.8, 4) is 11.8 Å². The molecule has 7 nitrogen and oxygen atoms in total. The standard InChI is InChI=1S/C13H13FN4O3/c1-20-9-6-10(21-2)17-13(16-9)18-12(19)7-4-3-5-8(14)11(7)15/h3-6H,15H2,1-2H3,(H,16,17,18,19). The normalized spacial score (nSPS) is 10.0. The second-order valence-corrected chi connectivity index (χ2v) is 3.93. The highest BCUT2D eigenvalue weighted by molar-refractivity contribution is 6.07. The van der Waals surface area contributed by atoms with Gasteiger partial charge in [-0.1, -0.05) is 6.07 Å². The highest BCUT2D eigenvalue weighted by Crippen LogP contribution is 2.20. The summed E-state index contributed by atoms with van der Waals surface area (Å²) in [6, 6.07) is 5.39. The van der Waals surface area contributed by atoms with Gasteiger partial charge in [0, 0.05) is 0 Å². The first-order chi connectivity index (χ1) is 10.0. The zero-order valence-corrected chi connectivity index (χ0v) is 11.4. The summed E-state index contributed by atoms with van der Waals surface area (Å²) < 4.78 is 23.3. The second kappa shape index (κ2) is 6.04. The summed E-state index contributed by atoms with van der Waals surface area (Å²) in [7, 11) is 2.83. The molecule has 8 heteroatoms. The molecule has 3 N–H and O–H groups in total. The minimum Gasteiger partial charge on any atom is -0.481 e. The number of carbonyl (C=O) groups is 1. The lowest BCUT2D eigenvalue weighted by Gasteiger charge is -2.09. The highest BCUT2D eigenvalue weighted by atomic mass is 19.1. The van der Waals surface area contributed by atoms with E-state index in [1.165, 1.54) is 32.4 Å². The number of benzene rings is 1. The Morgan fingerprint density at radius 3 is 2.43 bits per heavy atom. The molecule has 0 aliphatic heterocycles. The van der Waals surface area contributed by atoms with Crippen LogP contribution >= 0.6 is 0 Å². The maximum absolute atomic E-state index is 13.3. The largest absolute Gasteiger partial charge is 0.481 e. The summed E-state index contributed by atoms with van der Waals surface area (Å²) >= 11 is 0. The Kier molecular flexibility index (Phi) is 4.17. The molecule has 0 saturated heterocycles. The Labute approximate surface area is 119 Å². The minimum atomic E-state index is -0.674. The molecule has 0 saturated carbocycles. The maximum Gasteiger partial charge on any atom is 0.260 e. The van der Waals surface area contributed by atoms with Gasteiger partial charge in [-0.25, -0.2) is 4.39 Å². The van der Waals surface area contributed by atoms with Crippen LogP contribution in [0.15, 0.2) is 24.3 Å². The summed E-state index contributed by atoms with van der Waals surface area (Å²) in [4.78, 5) is 19.9. The molecule has 0 spiro atoms. The number of hydrogen-bond acceptors (Lipinski definition) is 6. The van der Waals surface area contributed by atoms with E-state index in [9.17, 15) is 9.18 Å². The van der Waals surface area contributed by atoms with Gasteiger partial charge in [-0.15, -0.1) is 0 Å². The molecule has 0 unspecified atom stereocenters. The molecule has 2 rings (SSSR count). The SMILES string of the molecule is COc1cc(OC)nc(NC(=O)c2cccc(F)c2N)n1. The molecule has 2 aromatic rings. The molecule has 110 valence electrons. The van der Waals surface area contributed by atoms with Crippen LogP contribution in [0, 0.1) is 5.82 Å². The van der Waals surface area contributed by atoms with Crippen molar-refractivity contribution < 1.29 is 18.7 Å². The van der Waals surface area contributed by atoms with Crippen molar-refractivity contribution in [2.75, 3.05) is 25.3 Å². The van der Waals surface area contributed by atoms with Crippen molar-refractivity contribution in [3.05, 3.63) is 35.6 Å². The average molecular weight is 292 g/mol. The lowest BCUT2D eigenvalue weighted by atomic mass is 10.1. The lowest BCUT2D eigenvalue weighted by molar-refractivity contribution is 0.102. The van der Waals surface area contributed by atoms with Gasteiger partial charge in [-0.3, -0.25) is 10.1 Å². The average Bonchev–Trinajstić information content (AvgIpc) is 2.49. The number of rotatable bonds is 4. The summed E-state index contributed by atoms with van der Waals surface area (Å²) in [5.41, 5.74) is 5.26. The molecule has 0 aliphatic carbocycles. The molecule has 0 aliphatic rings. The molecule has 1 amide bonds. The fraction of sp³-hybridized carbons (Fsp3) is 0.154. The van der Waals surface area contributed by atoms with E-state index in [0.717, 1.165) is 6.07 Å². The predicted molar refractivity (Wildman–Crippen MR) is 73.9 cm³/mol. The molecule has 1 aromatic heterocycles. The Morgan fingerprint density at radius 2 is 1.86 bits per heavy atom. The van der Waals surface area contributed by atoms with E-state index in [4.69, 9.17) is 15.2 Å². The van der Waals surface area contributed by atoms with E-state index >= 15 is 0 Å². The van der Waals surface area contributed by atoms with Crippen LogP contribution in [0.3, 0.4) is 0 Å². The van der Waals surface area contributed by atoms with Crippen molar-refractivity contribution in [3.63, 3.8) is 0 Å². The number of carbonyl (C=O) groups excluding carboxylic acids is 1. The summed E-state index contributed by atoms with van der Waals surface area (Å²) in [5, 5.41) is 2.41. The third kappa shape index (κ3) is 3.16. The summed E-state index contributed by atoms with van der Waals surface area (Å²) in [5.74, 6) is -0.928. The van der Waals surface area contributed by atoms with Crippen molar-refractivity contribution >= 4 is 17.5 Å². The number of hydrogen-bond donors (Lipinski definition) is 2. The van der Waals surface area contributed by atoms with E-state index in [0.29, 0.717) is 0 Å². The lowest BCUT2D eigenvalue weighted by Crippen LogP contribution is -2.17. The van der Waals surface area contributed by atoms with Gasteiger partial charge in [-0.2, -0.15) is 9.97 Å². The number of halogens is 1. The van der Waals surface area contributed by atoms with Crippen LogP contribution in [-0.2, 0) is 0 Å². The number of nitrogens with two attached hydrogens (primary N) is 1. The van der Waals surface area contributed by atoms with Crippen LogP contribution in [0.25, 0.3) is 0 Å². The zero-order chi connectivity index (χ0) is 15.4. The number of ether oxygens (including phenoxy) is 2. The maximum atomic E-state index is 13.3.